The number of amides is 1. The van der Waals surface area contributed by atoms with Crippen molar-refractivity contribution in [1.29, 1.82) is 0 Å². The summed E-state index contributed by atoms with van der Waals surface area (Å²) in [7, 11) is 1.61. The molecule has 1 N–H and O–H groups in total. The first-order valence-corrected chi connectivity index (χ1v) is 7.59. The van der Waals surface area contributed by atoms with Gasteiger partial charge in [-0.1, -0.05) is 12.1 Å². The van der Waals surface area contributed by atoms with Crippen LogP contribution in [0.4, 0.5) is 5.82 Å². The van der Waals surface area contributed by atoms with E-state index in [4.69, 9.17) is 9.47 Å². The number of aryl methyl sites for hydroxylation is 1. The molecule has 0 spiro atoms. The molecular weight excluding hydrogens is 312 g/mol. The second-order valence-corrected chi connectivity index (χ2v) is 4.96. The Hall–Kier alpha value is -2.90. The lowest BCUT2D eigenvalue weighted by Crippen LogP contribution is -2.16. The van der Waals surface area contributed by atoms with E-state index in [-0.39, 0.29) is 12.5 Å². The summed E-state index contributed by atoms with van der Waals surface area (Å²) in [5, 5.41) is 10.6. The van der Waals surface area contributed by atoms with Gasteiger partial charge in [-0.25, -0.2) is 4.79 Å². The third-order valence-electron chi connectivity index (χ3n) is 3.18. The van der Waals surface area contributed by atoms with Crippen LogP contribution < -0.4 is 10.1 Å². The fourth-order valence-corrected chi connectivity index (χ4v) is 2.01. The molecule has 0 radical (unpaired) electrons. The van der Waals surface area contributed by atoms with Gasteiger partial charge < -0.3 is 14.8 Å². The number of esters is 1. The van der Waals surface area contributed by atoms with Crippen molar-refractivity contribution in [2.75, 3.05) is 19.0 Å². The Bertz CT molecular complexity index is 682. The summed E-state index contributed by atoms with van der Waals surface area (Å²) in [5.74, 6) is 0.486. The van der Waals surface area contributed by atoms with Crippen LogP contribution >= 0.6 is 0 Å². The van der Waals surface area contributed by atoms with E-state index < -0.39 is 5.97 Å². The van der Waals surface area contributed by atoms with E-state index in [0.29, 0.717) is 25.3 Å². The number of carbonyl (C=O) groups excluding carboxylic acids is 2. The van der Waals surface area contributed by atoms with Crippen LogP contribution in [0, 0.1) is 0 Å². The highest BCUT2D eigenvalue weighted by atomic mass is 16.5. The molecule has 8 heteroatoms. The average molecular weight is 332 g/mol. The fraction of sp³-hybridized carbons (Fsp3) is 0.375. The number of nitrogens with one attached hydrogen (secondary N) is 1. The number of methoxy groups -OCH3 is 1. The van der Waals surface area contributed by atoms with Crippen LogP contribution in [-0.2, 0) is 27.3 Å². The molecule has 2 rings (SSSR count). The van der Waals surface area contributed by atoms with Gasteiger partial charge in [-0.05, 0) is 31.0 Å². The summed E-state index contributed by atoms with van der Waals surface area (Å²) >= 11 is 0. The average Bonchev–Trinajstić information content (AvgIpc) is 3.00. The van der Waals surface area contributed by atoms with Crippen LogP contribution in [0.1, 0.15) is 18.9 Å². The molecule has 24 heavy (non-hydrogen) atoms. The second-order valence-electron chi connectivity index (χ2n) is 4.96. The molecule has 0 aliphatic heterocycles. The number of hydrogen-bond donors (Lipinski definition) is 1. The molecule has 1 heterocycles. The smallest absolute Gasteiger partial charge is 0.329 e. The predicted molar refractivity (Wildman–Crippen MR) is 86.6 cm³/mol. The zero-order valence-corrected chi connectivity index (χ0v) is 13.7. The van der Waals surface area contributed by atoms with Crippen molar-refractivity contribution in [3.05, 3.63) is 36.0 Å². The Balaban J connectivity index is 1.79. The Labute approximate surface area is 139 Å². The first-order chi connectivity index (χ1) is 11.6. The maximum Gasteiger partial charge on any atom is 0.329 e. The lowest BCUT2D eigenvalue weighted by atomic mass is 10.1. The van der Waals surface area contributed by atoms with Crippen molar-refractivity contribution in [1.82, 2.24) is 15.0 Å². The van der Waals surface area contributed by atoms with Gasteiger partial charge in [0.2, 0.25) is 5.91 Å². The van der Waals surface area contributed by atoms with Gasteiger partial charge in [0.25, 0.3) is 0 Å². The van der Waals surface area contributed by atoms with Crippen molar-refractivity contribution in [3.63, 3.8) is 0 Å². The van der Waals surface area contributed by atoms with Crippen molar-refractivity contribution < 1.29 is 19.1 Å². The molecule has 1 aromatic heterocycles. The zero-order valence-electron chi connectivity index (χ0n) is 13.7. The number of aromatic nitrogens is 3. The highest BCUT2D eigenvalue weighted by Crippen LogP contribution is 2.13. The molecule has 0 aliphatic carbocycles. The van der Waals surface area contributed by atoms with Gasteiger partial charge >= 0.3 is 5.97 Å². The normalized spacial score (nSPS) is 10.2. The van der Waals surface area contributed by atoms with Gasteiger partial charge in [0, 0.05) is 6.42 Å². The van der Waals surface area contributed by atoms with E-state index in [0.717, 1.165) is 11.3 Å². The summed E-state index contributed by atoms with van der Waals surface area (Å²) in [5.41, 5.74) is 1.04. The highest BCUT2D eigenvalue weighted by molar-refractivity contribution is 5.89. The first kappa shape index (κ1) is 17.5. The van der Waals surface area contributed by atoms with E-state index >= 15 is 0 Å². The minimum atomic E-state index is -0.425. The number of anilines is 1. The van der Waals surface area contributed by atoms with Gasteiger partial charge in [0.05, 0.1) is 19.9 Å². The zero-order chi connectivity index (χ0) is 17.4. The summed E-state index contributed by atoms with van der Waals surface area (Å²) in [6.07, 6.45) is 2.31. The third kappa shape index (κ3) is 5.38. The van der Waals surface area contributed by atoms with Crippen LogP contribution in [0.15, 0.2) is 30.5 Å². The third-order valence-corrected chi connectivity index (χ3v) is 3.18. The molecule has 0 saturated heterocycles. The Morgan fingerprint density at radius 3 is 2.67 bits per heavy atom. The first-order valence-electron chi connectivity index (χ1n) is 7.59. The van der Waals surface area contributed by atoms with Gasteiger partial charge in [0.15, 0.2) is 12.4 Å². The molecule has 1 aromatic carbocycles. The molecular formula is C16H20N4O4. The van der Waals surface area contributed by atoms with Crippen LogP contribution in [0.3, 0.4) is 0 Å². The standard InChI is InChI=1S/C16H20N4O4/c1-3-24-16(22)11-20-17-10-14(19-20)18-15(21)9-6-12-4-7-13(23-2)8-5-12/h4-5,7-8,10H,3,6,9,11H2,1-2H3,(H,18,19,21). The van der Waals surface area contributed by atoms with Crippen LogP contribution in [0.25, 0.3) is 0 Å². The Morgan fingerprint density at radius 2 is 2.00 bits per heavy atom. The SMILES string of the molecule is CCOC(=O)Cn1ncc(NC(=O)CCc2ccc(OC)cc2)n1. The molecule has 0 saturated carbocycles. The number of benzene rings is 1. The van der Waals surface area contributed by atoms with Crippen LogP contribution in [0.5, 0.6) is 5.75 Å². The Morgan fingerprint density at radius 1 is 1.25 bits per heavy atom. The summed E-state index contributed by atoms with van der Waals surface area (Å²) in [6.45, 7) is 1.94. The molecule has 0 aliphatic rings. The quantitative estimate of drug-likeness (QED) is 0.735. The van der Waals surface area contributed by atoms with Crippen LogP contribution in [0.2, 0.25) is 0 Å². The number of carbonyl (C=O) groups is 2. The molecule has 8 nitrogen and oxygen atoms in total. The minimum Gasteiger partial charge on any atom is -0.497 e. The number of rotatable bonds is 8. The molecule has 0 atom stereocenters. The number of hydrogen-bond acceptors (Lipinski definition) is 6. The maximum atomic E-state index is 11.9. The van der Waals surface area contributed by atoms with E-state index in [1.807, 2.05) is 24.3 Å². The van der Waals surface area contributed by atoms with Gasteiger partial charge in [0.1, 0.15) is 5.75 Å². The molecule has 0 fully saturated rings. The maximum absolute atomic E-state index is 11.9. The highest BCUT2D eigenvalue weighted by Gasteiger charge is 2.09. The van der Waals surface area contributed by atoms with E-state index in [2.05, 4.69) is 15.5 Å². The van der Waals surface area contributed by atoms with Gasteiger partial charge in [-0.3, -0.25) is 4.79 Å². The predicted octanol–water partition coefficient (Wildman–Crippen LogP) is 1.42. The molecule has 128 valence electrons. The molecule has 0 bridgehead atoms. The van der Waals surface area contributed by atoms with E-state index in [9.17, 15) is 9.59 Å². The van der Waals surface area contributed by atoms with Gasteiger partial charge in [-0.2, -0.15) is 9.90 Å². The Kier molecular flexibility index (Phi) is 6.30. The van der Waals surface area contributed by atoms with Crippen molar-refractivity contribution >= 4 is 17.7 Å². The summed E-state index contributed by atoms with van der Waals surface area (Å²) in [6, 6.07) is 7.55. The monoisotopic (exact) mass is 332 g/mol. The summed E-state index contributed by atoms with van der Waals surface area (Å²) in [4.78, 5) is 24.4. The van der Waals surface area contributed by atoms with E-state index in [1.54, 1.807) is 14.0 Å². The summed E-state index contributed by atoms with van der Waals surface area (Å²) < 4.78 is 9.89. The van der Waals surface area contributed by atoms with E-state index in [1.165, 1.54) is 11.0 Å². The van der Waals surface area contributed by atoms with Crippen molar-refractivity contribution in [2.24, 2.45) is 0 Å². The topological polar surface area (TPSA) is 95.3 Å². The lowest BCUT2D eigenvalue weighted by molar-refractivity contribution is -0.144. The minimum absolute atomic E-state index is 0.0877. The fourth-order valence-electron chi connectivity index (χ4n) is 2.01. The van der Waals surface area contributed by atoms with Gasteiger partial charge in [-0.15, -0.1) is 5.10 Å². The molecule has 2 aromatic rings. The second kappa shape index (κ2) is 8.66. The largest absolute Gasteiger partial charge is 0.497 e. The molecule has 0 unspecified atom stereocenters. The lowest BCUT2D eigenvalue weighted by Gasteiger charge is -2.04. The molecule has 1 amide bonds. The number of nitrogens with zero attached hydrogens (tertiary/aromatic N) is 3. The van der Waals surface area contributed by atoms with Crippen molar-refractivity contribution in [2.45, 2.75) is 26.3 Å². The van der Waals surface area contributed by atoms with Crippen molar-refractivity contribution in [3.8, 4) is 5.75 Å². The van der Waals surface area contributed by atoms with Crippen LogP contribution in [-0.4, -0.2) is 40.6 Å². The number of ether oxygens (including phenoxy) is 2.